The molecule has 0 unspecified atom stereocenters. The number of hydrogen-bond acceptors (Lipinski definition) is 4. The van der Waals surface area contributed by atoms with Crippen LogP contribution in [0.5, 0.6) is 11.5 Å². The normalized spacial score (nSPS) is 14.0. The van der Waals surface area contributed by atoms with Crippen LogP contribution in [0.25, 0.3) is 0 Å². The van der Waals surface area contributed by atoms with Gasteiger partial charge in [0.2, 0.25) is 0 Å². The zero-order valence-electron chi connectivity index (χ0n) is 11.5. The van der Waals surface area contributed by atoms with Crippen LogP contribution in [0, 0.1) is 0 Å². The van der Waals surface area contributed by atoms with E-state index in [1.54, 1.807) is 18.2 Å². The summed E-state index contributed by atoms with van der Waals surface area (Å²) in [4.78, 5) is 25.8. The number of fused-ring (bicyclic) bond motifs is 1. The van der Waals surface area contributed by atoms with Crippen molar-refractivity contribution in [2.75, 3.05) is 6.54 Å². The van der Waals surface area contributed by atoms with Crippen LogP contribution in [0.15, 0.2) is 35.1 Å². The Hall–Kier alpha value is -2.47. The van der Waals surface area contributed by atoms with Crippen molar-refractivity contribution in [3.8, 4) is 11.5 Å². The predicted molar refractivity (Wildman–Crippen MR) is 80.2 cm³/mol. The molecule has 2 heterocycles. The molecule has 3 rings (SSSR count). The van der Waals surface area contributed by atoms with Crippen LogP contribution in [-0.2, 0) is 13.1 Å². The SMILES string of the molecule is O=C1c2c(O)c(O)cc(=O)n2CCN1Cc1cccc(Cl)c1. The Kier molecular flexibility index (Phi) is 3.54. The number of nitrogens with zero attached hydrogens (tertiary/aromatic N) is 2. The maximum Gasteiger partial charge on any atom is 0.274 e. The fourth-order valence-electron chi connectivity index (χ4n) is 2.54. The number of aromatic hydroxyl groups is 2. The largest absolute Gasteiger partial charge is 0.504 e. The predicted octanol–water partition coefficient (Wildman–Crippen LogP) is 1.57. The van der Waals surface area contributed by atoms with Crippen molar-refractivity contribution in [1.82, 2.24) is 9.47 Å². The minimum Gasteiger partial charge on any atom is -0.504 e. The maximum atomic E-state index is 12.5. The molecule has 1 aromatic heterocycles. The van der Waals surface area contributed by atoms with Gasteiger partial charge in [-0.15, -0.1) is 0 Å². The van der Waals surface area contributed by atoms with Gasteiger partial charge in [-0.25, -0.2) is 0 Å². The highest BCUT2D eigenvalue weighted by Crippen LogP contribution is 2.29. The molecule has 2 N–H and O–H groups in total. The van der Waals surface area contributed by atoms with Crippen molar-refractivity contribution >= 4 is 17.5 Å². The standard InChI is InChI=1S/C15H13ClN2O4/c16-10-3-1-2-9(6-10)8-17-4-5-18-12(20)7-11(19)14(21)13(18)15(17)22/h1-3,6-7,19,21H,4-5,8H2. The minimum absolute atomic E-state index is 0.182. The van der Waals surface area contributed by atoms with Crippen molar-refractivity contribution in [2.45, 2.75) is 13.1 Å². The van der Waals surface area contributed by atoms with E-state index < -0.39 is 23.0 Å². The van der Waals surface area contributed by atoms with Gasteiger partial charge in [-0.2, -0.15) is 0 Å². The van der Waals surface area contributed by atoms with Crippen molar-refractivity contribution in [2.24, 2.45) is 0 Å². The van der Waals surface area contributed by atoms with Crippen LogP contribution in [-0.4, -0.2) is 32.1 Å². The third kappa shape index (κ3) is 2.42. The Morgan fingerprint density at radius 2 is 1.91 bits per heavy atom. The lowest BCUT2D eigenvalue weighted by molar-refractivity contribution is 0.0680. The van der Waals surface area contributed by atoms with E-state index in [-0.39, 0.29) is 12.2 Å². The van der Waals surface area contributed by atoms with Crippen LogP contribution in [0.4, 0.5) is 0 Å². The summed E-state index contributed by atoms with van der Waals surface area (Å²) in [5.41, 5.74) is 0.149. The molecule has 1 aliphatic heterocycles. The molecular formula is C15H13ClN2O4. The van der Waals surface area contributed by atoms with Gasteiger partial charge in [0.25, 0.3) is 11.5 Å². The number of aromatic nitrogens is 1. The van der Waals surface area contributed by atoms with Gasteiger partial charge in [0.15, 0.2) is 17.2 Å². The molecule has 0 saturated heterocycles. The molecule has 22 heavy (non-hydrogen) atoms. The van der Waals surface area contributed by atoms with Crippen LogP contribution >= 0.6 is 11.6 Å². The second-order valence-electron chi connectivity index (χ2n) is 5.07. The van der Waals surface area contributed by atoms with Gasteiger partial charge in [-0.3, -0.25) is 14.2 Å². The molecule has 1 aromatic carbocycles. The first-order valence-corrected chi connectivity index (χ1v) is 7.04. The summed E-state index contributed by atoms with van der Waals surface area (Å²) in [7, 11) is 0. The van der Waals surface area contributed by atoms with Gasteiger partial charge in [-0.1, -0.05) is 23.7 Å². The summed E-state index contributed by atoms with van der Waals surface area (Å²) in [6.07, 6.45) is 0. The number of carbonyl (C=O) groups excluding carboxylic acids is 1. The highest BCUT2D eigenvalue weighted by Gasteiger charge is 2.30. The monoisotopic (exact) mass is 320 g/mol. The lowest BCUT2D eigenvalue weighted by atomic mass is 10.1. The van der Waals surface area contributed by atoms with Crippen LogP contribution in [0.2, 0.25) is 5.02 Å². The average molecular weight is 321 g/mol. The Bertz CT molecular complexity index is 816. The van der Waals surface area contributed by atoms with E-state index in [9.17, 15) is 19.8 Å². The average Bonchev–Trinajstić information content (AvgIpc) is 2.47. The molecule has 0 spiro atoms. The van der Waals surface area contributed by atoms with E-state index in [0.717, 1.165) is 11.6 Å². The number of pyridine rings is 1. The quantitative estimate of drug-likeness (QED) is 0.880. The first-order valence-electron chi connectivity index (χ1n) is 6.67. The maximum absolute atomic E-state index is 12.5. The molecule has 0 radical (unpaired) electrons. The molecule has 114 valence electrons. The molecule has 0 saturated carbocycles. The lowest BCUT2D eigenvalue weighted by Gasteiger charge is -2.30. The third-order valence-electron chi connectivity index (χ3n) is 3.61. The highest BCUT2D eigenvalue weighted by atomic mass is 35.5. The Labute approximate surface area is 130 Å². The van der Waals surface area contributed by atoms with E-state index >= 15 is 0 Å². The van der Waals surface area contributed by atoms with E-state index in [2.05, 4.69) is 0 Å². The first-order chi connectivity index (χ1) is 10.5. The lowest BCUT2D eigenvalue weighted by Crippen LogP contribution is -2.43. The summed E-state index contributed by atoms with van der Waals surface area (Å²) < 4.78 is 1.17. The third-order valence-corrected chi connectivity index (χ3v) is 3.84. The van der Waals surface area contributed by atoms with Gasteiger partial charge in [0.1, 0.15) is 0 Å². The van der Waals surface area contributed by atoms with Gasteiger partial charge in [-0.05, 0) is 17.7 Å². The summed E-state index contributed by atoms with van der Waals surface area (Å²) >= 11 is 5.92. The number of hydrogen-bond donors (Lipinski definition) is 2. The van der Waals surface area contributed by atoms with Crippen LogP contribution < -0.4 is 5.56 Å². The minimum atomic E-state index is -0.589. The zero-order valence-corrected chi connectivity index (χ0v) is 12.2. The topological polar surface area (TPSA) is 82.8 Å². The van der Waals surface area contributed by atoms with Gasteiger partial charge < -0.3 is 15.1 Å². The molecule has 7 heteroatoms. The second kappa shape index (κ2) is 5.38. The van der Waals surface area contributed by atoms with Crippen molar-refractivity contribution < 1.29 is 15.0 Å². The number of rotatable bonds is 2. The van der Waals surface area contributed by atoms with Gasteiger partial charge >= 0.3 is 0 Å². The van der Waals surface area contributed by atoms with Gasteiger partial charge in [0.05, 0.1) is 0 Å². The molecule has 6 nitrogen and oxygen atoms in total. The molecule has 0 bridgehead atoms. The van der Waals surface area contributed by atoms with E-state index in [1.165, 1.54) is 9.47 Å². The number of benzene rings is 1. The molecule has 2 aromatic rings. The second-order valence-corrected chi connectivity index (χ2v) is 5.51. The van der Waals surface area contributed by atoms with Crippen molar-refractivity contribution in [3.63, 3.8) is 0 Å². The molecule has 1 aliphatic rings. The summed E-state index contributed by atoms with van der Waals surface area (Å²) in [5, 5.41) is 20.0. The van der Waals surface area contributed by atoms with Crippen LogP contribution in [0.1, 0.15) is 16.1 Å². The zero-order chi connectivity index (χ0) is 15.9. The number of carbonyl (C=O) groups is 1. The fraction of sp³-hybridized carbons (Fsp3) is 0.200. The van der Waals surface area contributed by atoms with Crippen molar-refractivity contribution in [3.05, 3.63) is 57.0 Å². The first kappa shape index (κ1) is 14.5. The molecule has 0 atom stereocenters. The highest BCUT2D eigenvalue weighted by molar-refractivity contribution is 6.30. The van der Waals surface area contributed by atoms with E-state index in [0.29, 0.717) is 18.1 Å². The fourth-order valence-corrected chi connectivity index (χ4v) is 2.75. The molecular weight excluding hydrogens is 308 g/mol. The molecule has 1 amide bonds. The van der Waals surface area contributed by atoms with Gasteiger partial charge in [0, 0.05) is 30.7 Å². The number of halogens is 1. The van der Waals surface area contributed by atoms with Crippen LogP contribution in [0.3, 0.4) is 0 Å². The smallest absolute Gasteiger partial charge is 0.274 e. The number of amides is 1. The molecule has 0 fully saturated rings. The Morgan fingerprint density at radius 1 is 1.14 bits per heavy atom. The summed E-state index contributed by atoms with van der Waals surface area (Å²) in [5.74, 6) is -1.66. The van der Waals surface area contributed by atoms with Crippen molar-refractivity contribution in [1.29, 1.82) is 0 Å². The van der Waals surface area contributed by atoms with E-state index in [4.69, 9.17) is 11.6 Å². The van der Waals surface area contributed by atoms with E-state index in [1.807, 2.05) is 6.07 Å². The summed E-state index contributed by atoms with van der Waals surface area (Å²) in [6, 6.07) is 8.01. The Balaban J connectivity index is 1.96. The summed E-state index contributed by atoms with van der Waals surface area (Å²) in [6.45, 7) is 0.902. The molecule has 0 aliphatic carbocycles. The Morgan fingerprint density at radius 3 is 2.64 bits per heavy atom.